The molecule has 3 aromatic rings. The number of piperazine rings is 1. The number of rotatable bonds is 5. The molecule has 6 nitrogen and oxygen atoms in total. The molecule has 0 radical (unpaired) electrons. The van der Waals surface area contributed by atoms with Gasteiger partial charge >= 0.3 is 0 Å². The fourth-order valence-electron chi connectivity index (χ4n) is 5.22. The molecule has 1 atom stereocenters. The van der Waals surface area contributed by atoms with Crippen LogP contribution < -0.4 is 10.9 Å². The summed E-state index contributed by atoms with van der Waals surface area (Å²) in [6.07, 6.45) is 5.74. The van der Waals surface area contributed by atoms with Crippen molar-refractivity contribution >= 4 is 39.3 Å². The zero-order valence-corrected chi connectivity index (χ0v) is 20.1. The van der Waals surface area contributed by atoms with Crippen LogP contribution in [0.1, 0.15) is 39.0 Å². The predicted molar refractivity (Wildman–Crippen MR) is 135 cm³/mol. The lowest BCUT2D eigenvalue weighted by atomic mass is 9.86. The van der Waals surface area contributed by atoms with Gasteiger partial charge in [0.25, 0.3) is 5.56 Å². The van der Waals surface area contributed by atoms with Gasteiger partial charge in [-0.2, -0.15) is 0 Å². The van der Waals surface area contributed by atoms with Gasteiger partial charge in [-0.05, 0) is 48.6 Å². The van der Waals surface area contributed by atoms with Crippen LogP contribution in [0.2, 0.25) is 0 Å². The molecular weight excluding hydrogens is 432 g/mol. The largest absolute Gasteiger partial charge is 0.339 e. The summed E-state index contributed by atoms with van der Waals surface area (Å²) in [5.74, 6) is 0.546. The monoisotopic (exact) mass is 464 g/mol. The maximum atomic E-state index is 13.7. The van der Waals surface area contributed by atoms with E-state index in [-0.39, 0.29) is 16.7 Å². The van der Waals surface area contributed by atoms with Crippen molar-refractivity contribution in [3.8, 4) is 0 Å². The first kappa shape index (κ1) is 22.4. The van der Waals surface area contributed by atoms with Gasteiger partial charge in [0.05, 0.1) is 16.2 Å². The zero-order chi connectivity index (χ0) is 22.8. The van der Waals surface area contributed by atoms with Crippen LogP contribution in [-0.4, -0.2) is 51.8 Å². The van der Waals surface area contributed by atoms with Gasteiger partial charge in [-0.15, -0.1) is 0 Å². The van der Waals surface area contributed by atoms with Crippen LogP contribution in [0.15, 0.2) is 46.3 Å². The van der Waals surface area contributed by atoms with E-state index in [9.17, 15) is 9.59 Å². The van der Waals surface area contributed by atoms with E-state index in [1.807, 2.05) is 48.2 Å². The van der Waals surface area contributed by atoms with Crippen molar-refractivity contribution in [3.05, 3.63) is 46.8 Å². The number of benzene rings is 2. The summed E-state index contributed by atoms with van der Waals surface area (Å²) in [7, 11) is 0. The molecule has 0 bridgehead atoms. The van der Waals surface area contributed by atoms with E-state index in [4.69, 9.17) is 4.98 Å². The van der Waals surface area contributed by atoms with E-state index in [2.05, 4.69) is 5.32 Å². The Bertz CT molecular complexity index is 1210. The van der Waals surface area contributed by atoms with Gasteiger partial charge < -0.3 is 10.2 Å². The van der Waals surface area contributed by atoms with Crippen LogP contribution >= 0.6 is 11.8 Å². The zero-order valence-electron chi connectivity index (χ0n) is 19.3. The lowest BCUT2D eigenvalue weighted by Crippen LogP contribution is -2.50. The summed E-state index contributed by atoms with van der Waals surface area (Å²) >= 11 is 1.52. The van der Waals surface area contributed by atoms with Crippen molar-refractivity contribution in [1.29, 1.82) is 0 Å². The number of thioether (sulfide) groups is 1. The Morgan fingerprint density at radius 2 is 1.82 bits per heavy atom. The van der Waals surface area contributed by atoms with E-state index < -0.39 is 0 Å². The number of amides is 1. The molecule has 1 N–H and O–H groups in total. The molecule has 174 valence electrons. The highest BCUT2D eigenvalue weighted by atomic mass is 32.2. The van der Waals surface area contributed by atoms with Crippen molar-refractivity contribution in [2.24, 2.45) is 5.92 Å². The molecule has 2 fully saturated rings. The molecule has 1 aliphatic carbocycles. The number of aromatic nitrogens is 2. The van der Waals surface area contributed by atoms with Crippen molar-refractivity contribution in [2.45, 2.75) is 56.0 Å². The molecule has 1 amide bonds. The molecule has 1 aromatic heterocycles. The Hall–Kier alpha value is -2.38. The first-order valence-electron chi connectivity index (χ1n) is 12.2. The summed E-state index contributed by atoms with van der Waals surface area (Å²) in [6.45, 7) is 5.70. The summed E-state index contributed by atoms with van der Waals surface area (Å²) < 4.78 is 1.75. The summed E-state index contributed by atoms with van der Waals surface area (Å²) in [4.78, 5) is 34.1. The molecule has 1 unspecified atom stereocenters. The van der Waals surface area contributed by atoms with E-state index in [1.165, 1.54) is 31.0 Å². The van der Waals surface area contributed by atoms with E-state index in [0.29, 0.717) is 28.5 Å². The maximum absolute atomic E-state index is 13.7. The topological polar surface area (TPSA) is 67.2 Å². The van der Waals surface area contributed by atoms with Gasteiger partial charge in [-0.1, -0.05) is 55.3 Å². The number of carbonyl (C=O) groups is 1. The van der Waals surface area contributed by atoms with Gasteiger partial charge in [0.15, 0.2) is 5.16 Å². The molecule has 7 heteroatoms. The van der Waals surface area contributed by atoms with Crippen molar-refractivity contribution in [2.75, 3.05) is 26.2 Å². The van der Waals surface area contributed by atoms with E-state index in [1.54, 1.807) is 4.57 Å². The number of carbonyl (C=O) groups excluding carboxylic acids is 1. The van der Waals surface area contributed by atoms with Crippen LogP contribution in [0.3, 0.4) is 0 Å². The summed E-state index contributed by atoms with van der Waals surface area (Å²) in [5.41, 5.74) is 0.690. The highest BCUT2D eigenvalue weighted by Gasteiger charge is 2.35. The number of hydrogen-bond donors (Lipinski definition) is 1. The fourth-order valence-corrected chi connectivity index (χ4v) is 6.65. The molecule has 33 heavy (non-hydrogen) atoms. The third kappa shape index (κ3) is 4.53. The molecule has 5 rings (SSSR count). The molecule has 2 aromatic carbocycles. The average molecular weight is 465 g/mol. The van der Waals surface area contributed by atoms with Crippen molar-refractivity contribution in [1.82, 2.24) is 19.8 Å². The molecule has 0 spiro atoms. The Kier molecular flexibility index (Phi) is 6.69. The van der Waals surface area contributed by atoms with Crippen LogP contribution in [-0.2, 0) is 11.3 Å². The Morgan fingerprint density at radius 1 is 1.12 bits per heavy atom. The number of nitrogens with one attached hydrogen (secondary N) is 1. The first-order chi connectivity index (χ1) is 16.2. The molecule has 1 saturated heterocycles. The highest BCUT2D eigenvalue weighted by Crippen LogP contribution is 2.37. The lowest BCUT2D eigenvalue weighted by molar-refractivity contribution is -0.132. The van der Waals surface area contributed by atoms with Gasteiger partial charge in [0, 0.05) is 32.7 Å². The molecule has 2 heterocycles. The molecular formula is C26H32N4O2S. The van der Waals surface area contributed by atoms with E-state index in [0.717, 1.165) is 49.8 Å². The van der Waals surface area contributed by atoms with Gasteiger partial charge in [0.2, 0.25) is 5.91 Å². The first-order valence-corrected chi connectivity index (χ1v) is 13.1. The highest BCUT2D eigenvalue weighted by molar-refractivity contribution is 8.00. The van der Waals surface area contributed by atoms with Crippen LogP contribution in [0.5, 0.6) is 0 Å². The molecule has 2 aliphatic rings. The van der Waals surface area contributed by atoms with Crippen LogP contribution in [0.4, 0.5) is 0 Å². The van der Waals surface area contributed by atoms with Gasteiger partial charge in [0.1, 0.15) is 0 Å². The lowest BCUT2D eigenvalue weighted by Gasteiger charge is -2.35. The Balaban J connectivity index is 1.56. The number of nitrogens with zero attached hydrogens (tertiary/aromatic N) is 3. The standard InChI is InChI=1S/C26H32N4O2S/c1-2-30-24(31)21-16-19-10-6-7-11-20(19)17-22(21)28-26(30)33-23(18-8-4-3-5-9-18)25(32)29-14-12-27-13-15-29/h6-7,10-11,16-18,23,27H,2-5,8-9,12-15H2,1H3. The van der Waals surface area contributed by atoms with Crippen LogP contribution in [0.25, 0.3) is 21.7 Å². The quantitative estimate of drug-likeness (QED) is 0.351. The molecule has 1 saturated carbocycles. The van der Waals surface area contributed by atoms with Gasteiger partial charge in [-0.3, -0.25) is 14.2 Å². The fraction of sp³-hybridized carbons (Fsp3) is 0.500. The van der Waals surface area contributed by atoms with Gasteiger partial charge in [-0.25, -0.2) is 4.98 Å². The predicted octanol–water partition coefficient (Wildman–Crippen LogP) is 4.04. The third-order valence-electron chi connectivity index (χ3n) is 7.09. The minimum atomic E-state index is -0.189. The minimum Gasteiger partial charge on any atom is -0.339 e. The second-order valence-electron chi connectivity index (χ2n) is 9.17. The minimum absolute atomic E-state index is 0.0206. The van der Waals surface area contributed by atoms with Crippen molar-refractivity contribution < 1.29 is 4.79 Å². The summed E-state index contributed by atoms with van der Waals surface area (Å²) in [6, 6.07) is 12.0. The van der Waals surface area contributed by atoms with E-state index >= 15 is 0 Å². The smallest absolute Gasteiger partial charge is 0.262 e. The van der Waals surface area contributed by atoms with Crippen LogP contribution in [0, 0.1) is 5.92 Å². The molecule has 1 aliphatic heterocycles. The maximum Gasteiger partial charge on any atom is 0.262 e. The average Bonchev–Trinajstić information content (AvgIpc) is 2.87. The summed E-state index contributed by atoms with van der Waals surface area (Å²) in [5, 5.41) is 6.58. The second kappa shape index (κ2) is 9.85. The SMILES string of the molecule is CCn1c(SC(C(=O)N2CCNCC2)C2CCCCC2)nc2cc3ccccc3cc2c1=O. The van der Waals surface area contributed by atoms with Crippen molar-refractivity contribution in [3.63, 3.8) is 0 Å². The Morgan fingerprint density at radius 3 is 2.52 bits per heavy atom. The third-order valence-corrected chi connectivity index (χ3v) is 8.45. The number of fused-ring (bicyclic) bond motifs is 2. The second-order valence-corrected chi connectivity index (χ2v) is 10.3. The Labute approximate surface area is 198 Å². The number of hydrogen-bond acceptors (Lipinski definition) is 5. The normalized spacial score (nSPS) is 18.6.